The lowest BCUT2D eigenvalue weighted by Crippen LogP contribution is -2.41. The van der Waals surface area contributed by atoms with Crippen molar-refractivity contribution in [3.63, 3.8) is 0 Å². The van der Waals surface area contributed by atoms with Crippen LogP contribution in [0.3, 0.4) is 0 Å². The molecule has 0 aromatic carbocycles. The largest absolute Gasteiger partial charge is 0.489 e. The van der Waals surface area contributed by atoms with Crippen LogP contribution in [0.2, 0.25) is 0 Å². The molecule has 0 saturated heterocycles. The highest BCUT2D eigenvalue weighted by Gasteiger charge is 2.49. The Bertz CT molecular complexity index is 637. The minimum atomic E-state index is -0.200. The lowest BCUT2D eigenvalue weighted by molar-refractivity contribution is -0.122. The highest BCUT2D eigenvalue weighted by Crippen LogP contribution is 2.55. The summed E-state index contributed by atoms with van der Waals surface area (Å²) in [6, 6.07) is 0. The van der Waals surface area contributed by atoms with Crippen LogP contribution in [-0.2, 0) is 19.1 Å². The molecular weight excluding hydrogens is 280 g/mol. The number of ether oxygens (including phenoxy) is 2. The number of allylic oxidation sites excluding steroid dienone is 3. The van der Waals surface area contributed by atoms with Crippen LogP contribution in [0.15, 0.2) is 34.8 Å². The molecule has 0 spiro atoms. The highest BCUT2D eigenvalue weighted by atomic mass is 16.5. The van der Waals surface area contributed by atoms with Crippen molar-refractivity contribution in [2.45, 2.75) is 39.0 Å². The molecule has 4 nitrogen and oxygen atoms in total. The van der Waals surface area contributed by atoms with E-state index in [0.29, 0.717) is 24.0 Å². The predicted octanol–water partition coefficient (Wildman–Crippen LogP) is 3.10. The molecule has 0 N–H and O–H groups in total. The van der Waals surface area contributed by atoms with Gasteiger partial charge in [0.2, 0.25) is 23.1 Å². The van der Waals surface area contributed by atoms with Gasteiger partial charge in [-0.05, 0) is 43.4 Å². The van der Waals surface area contributed by atoms with E-state index in [0.717, 1.165) is 19.3 Å². The van der Waals surface area contributed by atoms with Crippen molar-refractivity contribution in [1.82, 2.24) is 0 Å². The van der Waals surface area contributed by atoms with Crippen molar-refractivity contribution in [3.8, 4) is 0 Å². The van der Waals surface area contributed by atoms with Gasteiger partial charge in [-0.25, -0.2) is 0 Å². The summed E-state index contributed by atoms with van der Waals surface area (Å²) in [6.45, 7) is 6.42. The van der Waals surface area contributed by atoms with Crippen LogP contribution in [0.5, 0.6) is 0 Å². The van der Waals surface area contributed by atoms with Crippen LogP contribution in [0.25, 0.3) is 0 Å². The zero-order valence-electron chi connectivity index (χ0n) is 13.5. The van der Waals surface area contributed by atoms with E-state index < -0.39 is 0 Å². The second kappa shape index (κ2) is 5.11. The number of hydrogen-bond acceptors (Lipinski definition) is 4. The Morgan fingerprint density at radius 1 is 1.09 bits per heavy atom. The third-order valence-corrected chi connectivity index (χ3v) is 5.51. The highest BCUT2D eigenvalue weighted by molar-refractivity contribution is 6.23. The molecule has 2 atom stereocenters. The van der Waals surface area contributed by atoms with Gasteiger partial charge < -0.3 is 9.47 Å². The quantitative estimate of drug-likeness (QED) is 0.581. The Morgan fingerprint density at radius 3 is 2.27 bits per heavy atom. The third-order valence-electron chi connectivity index (χ3n) is 5.51. The molecule has 0 amide bonds. The first kappa shape index (κ1) is 15.1. The topological polar surface area (TPSA) is 52.6 Å². The van der Waals surface area contributed by atoms with Crippen LogP contribution in [-0.4, -0.2) is 25.8 Å². The predicted molar refractivity (Wildman–Crippen MR) is 81.9 cm³/mol. The summed E-state index contributed by atoms with van der Waals surface area (Å²) in [7, 11) is 2.80. The summed E-state index contributed by atoms with van der Waals surface area (Å²) < 4.78 is 10.3. The zero-order chi connectivity index (χ0) is 16.1. The molecule has 0 bridgehead atoms. The summed E-state index contributed by atoms with van der Waals surface area (Å²) in [4.78, 5) is 25.4. The molecular formula is C18H22O4. The normalized spacial score (nSPS) is 32.0. The number of Topliss-reactive ketones (excluding diaryl/α,β-unsaturated/α-hetero) is 2. The van der Waals surface area contributed by atoms with Gasteiger partial charge in [-0.3, -0.25) is 9.59 Å². The molecule has 0 aliphatic heterocycles. The van der Waals surface area contributed by atoms with Crippen molar-refractivity contribution in [1.29, 1.82) is 0 Å². The summed E-state index contributed by atoms with van der Waals surface area (Å²) in [5, 5.41) is 0. The molecule has 0 aromatic rings. The number of rotatable bonds is 2. The summed E-state index contributed by atoms with van der Waals surface area (Å²) in [6.07, 6.45) is 4.41. The van der Waals surface area contributed by atoms with E-state index in [4.69, 9.17) is 9.47 Å². The molecule has 3 aliphatic carbocycles. The summed E-state index contributed by atoms with van der Waals surface area (Å²) >= 11 is 0. The van der Waals surface area contributed by atoms with Crippen LogP contribution in [0.4, 0.5) is 0 Å². The summed E-state index contributed by atoms with van der Waals surface area (Å²) in [5.41, 5.74) is 2.46. The van der Waals surface area contributed by atoms with Crippen LogP contribution < -0.4 is 0 Å². The maximum Gasteiger partial charge on any atom is 0.228 e. The second-order valence-electron chi connectivity index (χ2n) is 6.78. The lowest BCUT2D eigenvalue weighted by Gasteiger charge is -2.47. The Labute approximate surface area is 130 Å². The molecule has 1 fully saturated rings. The number of carbonyl (C=O) groups excluding carboxylic acids is 2. The average Bonchev–Trinajstić information content (AvgIpc) is 2.49. The minimum Gasteiger partial charge on any atom is -0.489 e. The maximum atomic E-state index is 12.7. The molecule has 22 heavy (non-hydrogen) atoms. The van der Waals surface area contributed by atoms with Gasteiger partial charge in [0.05, 0.1) is 14.2 Å². The molecule has 1 saturated carbocycles. The molecule has 0 radical (unpaired) electrons. The van der Waals surface area contributed by atoms with Gasteiger partial charge in [-0.1, -0.05) is 19.1 Å². The molecule has 0 aromatic heterocycles. The van der Waals surface area contributed by atoms with E-state index in [-0.39, 0.29) is 34.4 Å². The summed E-state index contributed by atoms with van der Waals surface area (Å²) in [5.74, 6) is -0.0302. The lowest BCUT2D eigenvalue weighted by atomic mass is 9.56. The smallest absolute Gasteiger partial charge is 0.228 e. The second-order valence-corrected chi connectivity index (χ2v) is 6.78. The molecule has 4 heteroatoms. The van der Waals surface area contributed by atoms with Crippen molar-refractivity contribution in [3.05, 3.63) is 34.8 Å². The Kier molecular flexibility index (Phi) is 3.50. The van der Waals surface area contributed by atoms with Gasteiger partial charge in [0.15, 0.2) is 0 Å². The van der Waals surface area contributed by atoms with E-state index in [1.165, 1.54) is 19.8 Å². The van der Waals surface area contributed by atoms with Gasteiger partial charge in [-0.15, -0.1) is 0 Å². The van der Waals surface area contributed by atoms with Crippen molar-refractivity contribution < 1.29 is 19.1 Å². The van der Waals surface area contributed by atoms with Crippen LogP contribution >= 0.6 is 0 Å². The van der Waals surface area contributed by atoms with Gasteiger partial charge >= 0.3 is 0 Å². The van der Waals surface area contributed by atoms with E-state index in [1.807, 2.05) is 0 Å². The Balaban J connectivity index is 2.07. The van der Waals surface area contributed by atoms with Crippen molar-refractivity contribution >= 4 is 11.6 Å². The third kappa shape index (κ3) is 1.97. The van der Waals surface area contributed by atoms with E-state index in [9.17, 15) is 9.59 Å². The fraction of sp³-hybridized carbons (Fsp3) is 0.556. The number of hydrogen-bond donors (Lipinski definition) is 0. The van der Waals surface area contributed by atoms with Gasteiger partial charge in [0.1, 0.15) is 0 Å². The fourth-order valence-electron chi connectivity index (χ4n) is 4.30. The molecule has 3 aliphatic rings. The van der Waals surface area contributed by atoms with Gasteiger partial charge in [-0.2, -0.15) is 0 Å². The minimum absolute atomic E-state index is 0.0214. The average molecular weight is 302 g/mol. The first-order valence-electron chi connectivity index (χ1n) is 7.74. The SMILES string of the molecule is C=C1CCC[C@@]2(C)CC3=C(C[C@@H]12)C(=O)C(OC)=C(OC)C3=O. The van der Waals surface area contributed by atoms with E-state index >= 15 is 0 Å². The first-order chi connectivity index (χ1) is 10.4. The number of fused-ring (bicyclic) bond motifs is 1. The molecule has 3 rings (SSSR count). The standard InChI is InChI=1S/C18H22O4/c1-10-6-5-7-18(2)9-12-11(8-13(10)18)14(19)16(21-3)17(22-4)15(12)20/h13H,1,5-9H2,2-4H3/t13-,18-/m0/s1. The number of carbonyl (C=O) groups is 2. The fourth-order valence-corrected chi connectivity index (χ4v) is 4.30. The molecule has 118 valence electrons. The zero-order valence-corrected chi connectivity index (χ0v) is 13.5. The van der Waals surface area contributed by atoms with Crippen LogP contribution in [0.1, 0.15) is 39.0 Å². The Hall–Kier alpha value is -1.84. The van der Waals surface area contributed by atoms with E-state index in [2.05, 4.69) is 13.5 Å². The van der Waals surface area contributed by atoms with E-state index in [1.54, 1.807) is 0 Å². The van der Waals surface area contributed by atoms with Crippen LogP contribution in [0, 0.1) is 11.3 Å². The van der Waals surface area contributed by atoms with Crippen molar-refractivity contribution in [2.24, 2.45) is 11.3 Å². The maximum absolute atomic E-state index is 12.7. The number of ketones is 2. The monoisotopic (exact) mass is 302 g/mol. The number of methoxy groups -OCH3 is 2. The van der Waals surface area contributed by atoms with Crippen molar-refractivity contribution in [2.75, 3.05) is 14.2 Å². The van der Waals surface area contributed by atoms with Gasteiger partial charge in [0.25, 0.3) is 0 Å². The first-order valence-corrected chi connectivity index (χ1v) is 7.74. The molecule has 0 heterocycles. The molecule has 0 unspecified atom stereocenters. The Morgan fingerprint density at radius 2 is 1.68 bits per heavy atom. The van der Waals surface area contributed by atoms with Gasteiger partial charge in [0, 0.05) is 11.1 Å².